The molecule has 0 aromatic carbocycles. The lowest BCUT2D eigenvalue weighted by Crippen LogP contribution is -2.56. The number of nitrogens with zero attached hydrogens (tertiary/aromatic N) is 2. The molecule has 2 aliphatic carbocycles. The highest BCUT2D eigenvalue weighted by Gasteiger charge is 2.44. The lowest BCUT2D eigenvalue weighted by Gasteiger charge is -2.43. The lowest BCUT2D eigenvalue weighted by atomic mass is 9.73. The molecule has 2 heterocycles. The number of rotatable bonds is 5. The third-order valence-electron chi connectivity index (χ3n) is 6.00. The molecule has 4 rings (SSSR count). The van der Waals surface area contributed by atoms with E-state index >= 15 is 0 Å². The van der Waals surface area contributed by atoms with Gasteiger partial charge in [0.25, 0.3) is 0 Å². The Kier molecular flexibility index (Phi) is 5.40. The molecule has 3 aliphatic rings. The Hall–Kier alpha value is -1.96. The number of halogens is 2. The van der Waals surface area contributed by atoms with Crippen molar-refractivity contribution < 1.29 is 14.0 Å². The highest BCUT2D eigenvalue weighted by Crippen LogP contribution is 2.38. The first-order valence-electron chi connectivity index (χ1n) is 9.89. The summed E-state index contributed by atoms with van der Waals surface area (Å²) in [5.74, 6) is 0.685. The van der Waals surface area contributed by atoms with Crippen molar-refractivity contribution in [2.24, 2.45) is 17.8 Å². The van der Waals surface area contributed by atoms with Crippen molar-refractivity contribution in [3.8, 4) is 0 Å². The molecule has 0 radical (unpaired) electrons. The third-order valence-corrected chi connectivity index (χ3v) is 6.46. The van der Waals surface area contributed by atoms with E-state index in [1.54, 1.807) is 12.3 Å². The maximum absolute atomic E-state index is 13.9. The van der Waals surface area contributed by atoms with Crippen LogP contribution in [-0.4, -0.2) is 45.4 Å². The predicted octanol–water partition coefficient (Wildman–Crippen LogP) is 2.49. The van der Waals surface area contributed by atoms with Crippen LogP contribution in [0, 0.1) is 17.8 Å². The second-order valence-electron chi connectivity index (χ2n) is 8.18. The fourth-order valence-electron chi connectivity index (χ4n) is 4.15. The Morgan fingerprint density at radius 2 is 2.14 bits per heavy atom. The van der Waals surface area contributed by atoms with Crippen molar-refractivity contribution in [2.45, 2.75) is 62.7 Å². The molecule has 0 spiro atoms. The van der Waals surface area contributed by atoms with E-state index in [0.717, 1.165) is 12.8 Å². The molecule has 152 valence electrons. The summed E-state index contributed by atoms with van der Waals surface area (Å²) in [6.45, 7) is 1.91. The van der Waals surface area contributed by atoms with Crippen LogP contribution in [0.1, 0.15) is 39.0 Å². The fourth-order valence-corrected chi connectivity index (χ4v) is 4.48. The van der Waals surface area contributed by atoms with Crippen LogP contribution in [0.2, 0.25) is 0 Å². The quantitative estimate of drug-likeness (QED) is 0.649. The monoisotopic (exact) mass is 409 g/mol. The molecule has 9 heteroatoms. The molecular weight excluding hydrogens is 385 g/mol. The van der Waals surface area contributed by atoms with E-state index in [4.69, 9.17) is 11.6 Å². The van der Waals surface area contributed by atoms with Gasteiger partial charge in [-0.25, -0.2) is 9.37 Å². The Morgan fingerprint density at radius 3 is 2.89 bits per heavy atom. The Morgan fingerprint density at radius 1 is 1.36 bits per heavy atom. The van der Waals surface area contributed by atoms with Crippen LogP contribution < -0.4 is 16.0 Å². The van der Waals surface area contributed by atoms with Crippen LogP contribution >= 0.6 is 11.6 Å². The number of carbonyl (C=O) groups is 2. The second kappa shape index (κ2) is 7.81. The van der Waals surface area contributed by atoms with Gasteiger partial charge in [0, 0.05) is 30.6 Å². The number of carbonyl (C=O) groups excluding carboxylic acids is 2. The maximum Gasteiger partial charge on any atom is 0.228 e. The summed E-state index contributed by atoms with van der Waals surface area (Å²) in [7, 11) is 0. The van der Waals surface area contributed by atoms with Gasteiger partial charge in [-0.05, 0) is 44.6 Å². The summed E-state index contributed by atoms with van der Waals surface area (Å²) >= 11 is 6.11. The molecule has 5 unspecified atom stereocenters. The first-order valence-corrected chi connectivity index (χ1v) is 10.3. The molecule has 1 saturated heterocycles. The summed E-state index contributed by atoms with van der Waals surface area (Å²) in [5.41, 5.74) is 0. The molecule has 2 saturated carbocycles. The van der Waals surface area contributed by atoms with Gasteiger partial charge in [0.15, 0.2) is 0 Å². The zero-order valence-electron chi connectivity index (χ0n) is 15.7. The molecule has 1 aromatic rings. The van der Waals surface area contributed by atoms with E-state index < -0.39 is 11.5 Å². The standard InChI is InChI=1S/C19H25ClFN5O2/c1-9(12-6-11-7-13(20)14(21)8-15(11)24-18(12)28)23-19-22-5-4-16(26-19)25-17(27)10-2-3-10/h4-5,9-15H,2-3,6-8H2,1H3,(H,24,28)(H2,22,23,25,26,27)/t9-,11?,12?,13?,14?,15?/m0/s1. The summed E-state index contributed by atoms with van der Waals surface area (Å²) in [4.78, 5) is 33.0. The number of nitrogens with one attached hydrogen (secondary N) is 3. The number of hydrogen-bond donors (Lipinski definition) is 3. The van der Waals surface area contributed by atoms with E-state index in [1.165, 1.54) is 0 Å². The van der Waals surface area contributed by atoms with Crippen LogP contribution in [0.3, 0.4) is 0 Å². The van der Waals surface area contributed by atoms with E-state index in [1.807, 2.05) is 6.92 Å². The zero-order valence-corrected chi connectivity index (χ0v) is 16.5. The van der Waals surface area contributed by atoms with Crippen molar-refractivity contribution in [2.75, 3.05) is 10.6 Å². The lowest BCUT2D eigenvalue weighted by molar-refractivity contribution is -0.130. The van der Waals surface area contributed by atoms with E-state index in [2.05, 4.69) is 25.9 Å². The number of anilines is 2. The van der Waals surface area contributed by atoms with Crippen molar-refractivity contribution >= 4 is 35.2 Å². The summed E-state index contributed by atoms with van der Waals surface area (Å²) in [6.07, 6.45) is 3.84. The average Bonchev–Trinajstić information content (AvgIpc) is 3.48. The number of fused-ring (bicyclic) bond motifs is 1. The molecule has 3 fully saturated rings. The second-order valence-corrected chi connectivity index (χ2v) is 8.74. The molecular formula is C19H25ClFN5O2. The number of amides is 2. The van der Waals surface area contributed by atoms with Gasteiger partial charge in [0.05, 0.1) is 11.3 Å². The van der Waals surface area contributed by atoms with Crippen molar-refractivity contribution in [3.63, 3.8) is 0 Å². The highest BCUT2D eigenvalue weighted by molar-refractivity contribution is 6.21. The van der Waals surface area contributed by atoms with Crippen LogP contribution in [0.5, 0.6) is 0 Å². The molecule has 2 amide bonds. The minimum absolute atomic E-state index is 0.0190. The van der Waals surface area contributed by atoms with Crippen molar-refractivity contribution in [1.29, 1.82) is 0 Å². The number of alkyl halides is 2. The Bertz CT molecular complexity index is 762. The largest absolute Gasteiger partial charge is 0.353 e. The van der Waals surface area contributed by atoms with Gasteiger partial charge < -0.3 is 16.0 Å². The molecule has 3 N–H and O–H groups in total. The number of aromatic nitrogens is 2. The van der Waals surface area contributed by atoms with Crippen molar-refractivity contribution in [3.05, 3.63) is 12.3 Å². The van der Waals surface area contributed by atoms with Gasteiger partial charge >= 0.3 is 0 Å². The number of hydrogen-bond acceptors (Lipinski definition) is 5. The van der Waals surface area contributed by atoms with E-state index in [0.29, 0.717) is 24.6 Å². The van der Waals surface area contributed by atoms with Crippen LogP contribution in [0.4, 0.5) is 16.2 Å². The zero-order chi connectivity index (χ0) is 19.8. The van der Waals surface area contributed by atoms with Crippen LogP contribution in [0.25, 0.3) is 0 Å². The minimum Gasteiger partial charge on any atom is -0.353 e. The maximum atomic E-state index is 13.9. The SMILES string of the molecule is C[C@H](Nc1nccc(NC(=O)C2CC2)n1)C1CC2CC(Cl)C(F)CC2NC1=O. The average molecular weight is 410 g/mol. The van der Waals surface area contributed by atoms with Gasteiger partial charge in [-0.15, -0.1) is 11.6 Å². The first kappa shape index (κ1) is 19.4. The first-order chi connectivity index (χ1) is 13.4. The summed E-state index contributed by atoms with van der Waals surface area (Å²) in [6, 6.07) is 1.29. The Balaban J connectivity index is 1.38. The summed E-state index contributed by atoms with van der Waals surface area (Å²) in [5, 5.41) is 8.44. The Labute approximate surface area is 168 Å². The van der Waals surface area contributed by atoms with Gasteiger partial charge in [0.1, 0.15) is 12.0 Å². The normalized spacial score (nSPS) is 33.4. The van der Waals surface area contributed by atoms with Crippen LogP contribution in [0.15, 0.2) is 12.3 Å². The molecule has 28 heavy (non-hydrogen) atoms. The molecule has 0 bridgehead atoms. The van der Waals surface area contributed by atoms with Gasteiger partial charge in [-0.3, -0.25) is 9.59 Å². The smallest absolute Gasteiger partial charge is 0.228 e. The number of piperidine rings is 1. The van der Waals surface area contributed by atoms with Gasteiger partial charge in [-0.2, -0.15) is 4.98 Å². The minimum atomic E-state index is -1.07. The molecule has 6 atom stereocenters. The molecule has 7 nitrogen and oxygen atoms in total. The van der Waals surface area contributed by atoms with E-state index in [-0.39, 0.29) is 48.1 Å². The third kappa shape index (κ3) is 4.21. The highest BCUT2D eigenvalue weighted by atomic mass is 35.5. The van der Waals surface area contributed by atoms with Gasteiger partial charge in [0.2, 0.25) is 17.8 Å². The molecule has 1 aromatic heterocycles. The van der Waals surface area contributed by atoms with Crippen LogP contribution in [-0.2, 0) is 9.59 Å². The van der Waals surface area contributed by atoms with Gasteiger partial charge in [-0.1, -0.05) is 0 Å². The predicted molar refractivity (Wildman–Crippen MR) is 104 cm³/mol. The molecule has 1 aliphatic heterocycles. The topological polar surface area (TPSA) is 96.0 Å². The fraction of sp³-hybridized carbons (Fsp3) is 0.684. The summed E-state index contributed by atoms with van der Waals surface area (Å²) < 4.78 is 13.9. The van der Waals surface area contributed by atoms with Crippen molar-refractivity contribution in [1.82, 2.24) is 15.3 Å². The van der Waals surface area contributed by atoms with E-state index in [9.17, 15) is 14.0 Å².